The van der Waals surface area contributed by atoms with Crippen molar-refractivity contribution < 1.29 is 29.6 Å². The standard InChI is InChI=1S/C20H21NO6/c22-13-3-1-12(2-4-13)17-10-16(24)19-18(27-17)9-15(23)14(20(19)25)11-21-5-7-26-8-6-21/h1-4,9,17,22-23,25H,5-8,10-11H2. The highest BCUT2D eigenvalue weighted by Gasteiger charge is 2.33. The summed E-state index contributed by atoms with van der Waals surface area (Å²) < 4.78 is 11.2. The summed E-state index contributed by atoms with van der Waals surface area (Å²) in [5.74, 6) is -0.257. The van der Waals surface area contributed by atoms with Gasteiger partial charge in [0, 0.05) is 25.7 Å². The molecule has 0 spiro atoms. The van der Waals surface area contributed by atoms with Crippen LogP contribution in [0.5, 0.6) is 23.0 Å². The third-order valence-corrected chi connectivity index (χ3v) is 5.02. The van der Waals surface area contributed by atoms with Gasteiger partial charge in [-0.15, -0.1) is 0 Å². The number of ketones is 1. The predicted octanol–water partition coefficient (Wildman–Crippen LogP) is 2.34. The lowest BCUT2D eigenvalue weighted by molar-refractivity contribution is 0.0335. The quantitative estimate of drug-likeness (QED) is 0.761. The van der Waals surface area contributed by atoms with Gasteiger partial charge in [0.2, 0.25) is 0 Å². The van der Waals surface area contributed by atoms with Crippen molar-refractivity contribution in [3.05, 3.63) is 47.0 Å². The molecule has 7 heteroatoms. The van der Waals surface area contributed by atoms with E-state index in [4.69, 9.17) is 9.47 Å². The number of nitrogens with zero attached hydrogens (tertiary/aromatic N) is 1. The fourth-order valence-corrected chi connectivity index (χ4v) is 3.51. The molecule has 1 fully saturated rings. The van der Waals surface area contributed by atoms with Gasteiger partial charge in [-0.1, -0.05) is 12.1 Å². The highest BCUT2D eigenvalue weighted by atomic mass is 16.5. The average molecular weight is 371 g/mol. The Morgan fingerprint density at radius 3 is 2.48 bits per heavy atom. The van der Waals surface area contributed by atoms with Crippen LogP contribution in [0, 0.1) is 0 Å². The highest BCUT2D eigenvalue weighted by Crippen LogP contribution is 2.45. The molecule has 2 heterocycles. The SMILES string of the molecule is O=C1CC(c2ccc(O)cc2)Oc2cc(O)c(CN3CCOCC3)c(O)c21. The maximum Gasteiger partial charge on any atom is 0.174 e. The predicted molar refractivity (Wildman–Crippen MR) is 96.3 cm³/mol. The normalized spacial score (nSPS) is 20.1. The first-order valence-corrected chi connectivity index (χ1v) is 8.89. The van der Waals surface area contributed by atoms with Gasteiger partial charge in [0.05, 0.1) is 25.2 Å². The molecule has 2 aliphatic rings. The zero-order valence-electron chi connectivity index (χ0n) is 14.7. The third-order valence-electron chi connectivity index (χ3n) is 5.02. The van der Waals surface area contributed by atoms with Crippen molar-refractivity contribution in [2.24, 2.45) is 0 Å². The highest BCUT2D eigenvalue weighted by molar-refractivity contribution is 6.03. The molecular formula is C20H21NO6. The molecular weight excluding hydrogens is 350 g/mol. The monoisotopic (exact) mass is 371 g/mol. The van der Waals surface area contributed by atoms with E-state index in [9.17, 15) is 20.1 Å². The molecule has 0 radical (unpaired) electrons. The van der Waals surface area contributed by atoms with Crippen LogP contribution in [0.25, 0.3) is 0 Å². The Labute approximate surface area is 156 Å². The third kappa shape index (κ3) is 3.43. The van der Waals surface area contributed by atoms with Gasteiger partial charge >= 0.3 is 0 Å². The van der Waals surface area contributed by atoms with Gasteiger partial charge in [-0.2, -0.15) is 0 Å². The first kappa shape index (κ1) is 17.6. The van der Waals surface area contributed by atoms with E-state index < -0.39 is 6.10 Å². The summed E-state index contributed by atoms with van der Waals surface area (Å²) in [5.41, 5.74) is 1.19. The molecule has 0 amide bonds. The van der Waals surface area contributed by atoms with Gasteiger partial charge in [-0.05, 0) is 17.7 Å². The number of Topliss-reactive ketones (excluding diaryl/α,β-unsaturated/α-hetero) is 1. The minimum absolute atomic E-state index is 0.0765. The molecule has 0 aliphatic carbocycles. The number of benzene rings is 2. The zero-order chi connectivity index (χ0) is 19.0. The summed E-state index contributed by atoms with van der Waals surface area (Å²) in [6, 6.07) is 7.82. The van der Waals surface area contributed by atoms with Crippen LogP contribution in [0.3, 0.4) is 0 Å². The number of phenols is 3. The Morgan fingerprint density at radius 1 is 1.07 bits per heavy atom. The van der Waals surface area contributed by atoms with E-state index in [1.54, 1.807) is 12.1 Å². The molecule has 0 aromatic heterocycles. The Balaban J connectivity index is 1.63. The van der Waals surface area contributed by atoms with Gasteiger partial charge in [0.15, 0.2) is 5.78 Å². The van der Waals surface area contributed by atoms with E-state index in [0.717, 1.165) is 5.56 Å². The number of hydrogen-bond acceptors (Lipinski definition) is 7. The molecule has 2 aromatic carbocycles. The summed E-state index contributed by atoms with van der Waals surface area (Å²) >= 11 is 0. The fraction of sp³-hybridized carbons (Fsp3) is 0.350. The number of ether oxygens (including phenoxy) is 2. The van der Waals surface area contributed by atoms with Crippen LogP contribution in [0.1, 0.15) is 34.0 Å². The van der Waals surface area contributed by atoms with Gasteiger partial charge in [-0.3, -0.25) is 9.69 Å². The van der Waals surface area contributed by atoms with Crippen molar-refractivity contribution >= 4 is 5.78 Å². The van der Waals surface area contributed by atoms with Crippen molar-refractivity contribution in [1.29, 1.82) is 0 Å². The Kier molecular flexibility index (Phi) is 4.63. The van der Waals surface area contributed by atoms with Crippen LogP contribution in [-0.2, 0) is 11.3 Å². The first-order valence-electron chi connectivity index (χ1n) is 8.89. The molecule has 2 aromatic rings. The molecule has 27 heavy (non-hydrogen) atoms. The minimum atomic E-state index is -0.533. The number of phenolic OH excluding ortho intramolecular Hbond substituents is 3. The van der Waals surface area contributed by atoms with Gasteiger partial charge in [0.25, 0.3) is 0 Å². The lowest BCUT2D eigenvalue weighted by atomic mass is 9.93. The van der Waals surface area contributed by atoms with E-state index in [2.05, 4.69) is 4.90 Å². The largest absolute Gasteiger partial charge is 0.508 e. The van der Waals surface area contributed by atoms with E-state index in [1.807, 2.05) is 0 Å². The molecule has 2 aliphatic heterocycles. The number of fused-ring (bicyclic) bond motifs is 1. The molecule has 1 atom stereocenters. The lowest BCUT2D eigenvalue weighted by Crippen LogP contribution is -2.35. The molecule has 3 N–H and O–H groups in total. The second kappa shape index (κ2) is 7.09. The van der Waals surface area contributed by atoms with Crippen molar-refractivity contribution in [3.8, 4) is 23.0 Å². The van der Waals surface area contributed by atoms with Gasteiger partial charge < -0.3 is 24.8 Å². The van der Waals surface area contributed by atoms with E-state index in [0.29, 0.717) is 38.4 Å². The second-order valence-electron chi connectivity index (χ2n) is 6.81. The molecule has 4 rings (SSSR count). The van der Waals surface area contributed by atoms with Crippen LogP contribution in [0.2, 0.25) is 0 Å². The number of carbonyl (C=O) groups excluding carboxylic acids is 1. The smallest absolute Gasteiger partial charge is 0.174 e. The van der Waals surface area contributed by atoms with Crippen molar-refractivity contribution in [3.63, 3.8) is 0 Å². The van der Waals surface area contributed by atoms with Gasteiger partial charge in [-0.25, -0.2) is 0 Å². The second-order valence-corrected chi connectivity index (χ2v) is 6.81. The molecule has 0 bridgehead atoms. The van der Waals surface area contributed by atoms with Crippen LogP contribution < -0.4 is 4.74 Å². The number of aromatic hydroxyl groups is 3. The first-order chi connectivity index (χ1) is 13.0. The van der Waals surface area contributed by atoms with Gasteiger partial charge in [0.1, 0.15) is 34.7 Å². The molecule has 1 unspecified atom stereocenters. The van der Waals surface area contributed by atoms with Crippen LogP contribution in [0.4, 0.5) is 0 Å². The Bertz CT molecular complexity index is 858. The number of morpholine rings is 1. The molecule has 1 saturated heterocycles. The van der Waals surface area contributed by atoms with Crippen molar-refractivity contribution in [1.82, 2.24) is 4.90 Å². The summed E-state index contributed by atoms with van der Waals surface area (Å²) in [7, 11) is 0. The Morgan fingerprint density at radius 2 is 1.78 bits per heavy atom. The lowest BCUT2D eigenvalue weighted by Gasteiger charge is -2.29. The Hall–Kier alpha value is -2.77. The summed E-state index contributed by atoms with van der Waals surface area (Å²) in [6.07, 6.45) is -0.456. The van der Waals surface area contributed by atoms with E-state index in [1.165, 1.54) is 18.2 Å². The van der Waals surface area contributed by atoms with Crippen molar-refractivity contribution in [2.45, 2.75) is 19.1 Å². The van der Waals surface area contributed by atoms with E-state index >= 15 is 0 Å². The topological polar surface area (TPSA) is 99.5 Å². The van der Waals surface area contributed by atoms with Crippen LogP contribution in [0.15, 0.2) is 30.3 Å². The number of hydrogen-bond donors (Lipinski definition) is 3. The molecule has 142 valence electrons. The fourth-order valence-electron chi connectivity index (χ4n) is 3.51. The van der Waals surface area contributed by atoms with Crippen LogP contribution >= 0.6 is 0 Å². The summed E-state index contributed by atoms with van der Waals surface area (Å²) in [6.45, 7) is 2.93. The summed E-state index contributed by atoms with van der Waals surface area (Å²) in [4.78, 5) is 14.8. The maximum absolute atomic E-state index is 12.7. The van der Waals surface area contributed by atoms with Crippen LogP contribution in [-0.4, -0.2) is 52.3 Å². The zero-order valence-corrected chi connectivity index (χ0v) is 14.7. The van der Waals surface area contributed by atoms with Crippen molar-refractivity contribution in [2.75, 3.05) is 26.3 Å². The molecule has 0 saturated carbocycles. The number of rotatable bonds is 3. The number of carbonyl (C=O) groups is 1. The minimum Gasteiger partial charge on any atom is -0.508 e. The maximum atomic E-state index is 12.7. The summed E-state index contributed by atoms with van der Waals surface area (Å²) in [5, 5.41) is 30.5. The molecule has 7 nitrogen and oxygen atoms in total. The average Bonchev–Trinajstić information content (AvgIpc) is 2.66. The van der Waals surface area contributed by atoms with E-state index in [-0.39, 0.29) is 40.8 Å².